The summed E-state index contributed by atoms with van der Waals surface area (Å²) >= 11 is 0. The van der Waals surface area contributed by atoms with Gasteiger partial charge in [-0.05, 0) is 31.4 Å². The van der Waals surface area contributed by atoms with E-state index >= 15 is 0 Å². The number of alkyl halides is 1. The van der Waals surface area contributed by atoms with Gasteiger partial charge >= 0.3 is 0 Å². The molecule has 3 N–H and O–H groups in total. The number of carbonyl (C=O) groups excluding carboxylic acids is 1. The normalized spacial score (nSPS) is 19.8. The SMILES string of the molecule is NC(=O)c1cnn2cc(-c3ccccc3F)cc2c1N[C@@H]1CCC[C@@H]1F. The molecule has 2 atom stereocenters. The van der Waals surface area contributed by atoms with Gasteiger partial charge in [-0.2, -0.15) is 5.10 Å². The Balaban J connectivity index is 1.85. The Morgan fingerprint density at radius 1 is 1.31 bits per heavy atom. The smallest absolute Gasteiger partial charge is 0.252 e. The fraction of sp³-hybridized carbons (Fsp3) is 0.263. The van der Waals surface area contributed by atoms with E-state index in [1.54, 1.807) is 35.0 Å². The van der Waals surface area contributed by atoms with Crippen molar-refractivity contribution in [1.82, 2.24) is 9.61 Å². The van der Waals surface area contributed by atoms with Gasteiger partial charge in [-0.3, -0.25) is 4.79 Å². The first-order valence-corrected chi connectivity index (χ1v) is 8.51. The molecule has 134 valence electrons. The summed E-state index contributed by atoms with van der Waals surface area (Å²) in [4.78, 5) is 11.8. The fourth-order valence-electron chi connectivity index (χ4n) is 3.50. The number of carbonyl (C=O) groups is 1. The highest BCUT2D eigenvalue weighted by molar-refractivity contribution is 6.02. The van der Waals surface area contributed by atoms with E-state index in [1.165, 1.54) is 12.3 Å². The van der Waals surface area contributed by atoms with Crippen molar-refractivity contribution in [2.75, 3.05) is 5.32 Å². The molecule has 7 heteroatoms. The van der Waals surface area contributed by atoms with E-state index in [9.17, 15) is 13.6 Å². The lowest BCUT2D eigenvalue weighted by Gasteiger charge is -2.19. The molecule has 1 aliphatic rings. The summed E-state index contributed by atoms with van der Waals surface area (Å²) < 4.78 is 29.7. The highest BCUT2D eigenvalue weighted by atomic mass is 19.1. The van der Waals surface area contributed by atoms with Crippen LogP contribution in [0.3, 0.4) is 0 Å². The van der Waals surface area contributed by atoms with E-state index in [2.05, 4.69) is 10.4 Å². The summed E-state index contributed by atoms with van der Waals surface area (Å²) in [5.74, 6) is -1.00. The number of nitrogens with one attached hydrogen (secondary N) is 1. The van der Waals surface area contributed by atoms with Crippen LogP contribution in [0.15, 0.2) is 42.7 Å². The van der Waals surface area contributed by atoms with Gasteiger partial charge in [0.15, 0.2) is 0 Å². The van der Waals surface area contributed by atoms with Crippen LogP contribution in [0.5, 0.6) is 0 Å². The molecule has 0 bridgehead atoms. The van der Waals surface area contributed by atoms with Crippen molar-refractivity contribution < 1.29 is 13.6 Å². The van der Waals surface area contributed by atoms with Gasteiger partial charge in [0.2, 0.25) is 0 Å². The average Bonchev–Trinajstić information content (AvgIpc) is 3.22. The fourth-order valence-corrected chi connectivity index (χ4v) is 3.50. The zero-order valence-electron chi connectivity index (χ0n) is 14.0. The molecule has 2 aromatic heterocycles. The van der Waals surface area contributed by atoms with Crippen LogP contribution in [0.1, 0.15) is 29.6 Å². The van der Waals surface area contributed by atoms with Crippen molar-refractivity contribution in [3.8, 4) is 11.1 Å². The molecule has 5 nitrogen and oxygen atoms in total. The molecule has 0 radical (unpaired) electrons. The van der Waals surface area contributed by atoms with Gasteiger partial charge in [-0.1, -0.05) is 18.2 Å². The number of nitrogens with two attached hydrogens (primary N) is 1. The number of hydrogen-bond acceptors (Lipinski definition) is 3. The van der Waals surface area contributed by atoms with Crippen molar-refractivity contribution in [2.24, 2.45) is 5.73 Å². The van der Waals surface area contributed by atoms with Gasteiger partial charge in [0, 0.05) is 17.3 Å². The molecule has 1 amide bonds. The number of rotatable bonds is 4. The van der Waals surface area contributed by atoms with Gasteiger partial charge < -0.3 is 11.1 Å². The molecule has 1 aromatic carbocycles. The minimum Gasteiger partial charge on any atom is -0.377 e. The second kappa shape index (κ2) is 6.40. The number of aromatic nitrogens is 2. The lowest BCUT2D eigenvalue weighted by molar-refractivity contribution is 0.100. The third kappa shape index (κ3) is 2.79. The van der Waals surface area contributed by atoms with Crippen molar-refractivity contribution in [1.29, 1.82) is 0 Å². The highest BCUT2D eigenvalue weighted by Crippen LogP contribution is 2.32. The third-order valence-corrected chi connectivity index (χ3v) is 4.85. The molecule has 1 saturated carbocycles. The number of fused-ring (bicyclic) bond motifs is 1. The Morgan fingerprint density at radius 3 is 2.81 bits per heavy atom. The predicted molar refractivity (Wildman–Crippen MR) is 95.3 cm³/mol. The zero-order chi connectivity index (χ0) is 18.3. The summed E-state index contributed by atoms with van der Waals surface area (Å²) in [6.07, 6.45) is 4.00. The quantitative estimate of drug-likeness (QED) is 0.751. The lowest BCUT2D eigenvalue weighted by Crippen LogP contribution is -2.27. The number of anilines is 1. The van der Waals surface area contributed by atoms with E-state index in [0.29, 0.717) is 35.2 Å². The molecular weight excluding hydrogens is 338 g/mol. The molecule has 4 rings (SSSR count). The summed E-state index contributed by atoms with van der Waals surface area (Å²) in [6, 6.07) is 7.75. The van der Waals surface area contributed by atoms with Crippen molar-refractivity contribution in [2.45, 2.75) is 31.5 Å². The Labute approximate surface area is 148 Å². The number of benzene rings is 1. The molecule has 0 unspecified atom stereocenters. The first-order valence-electron chi connectivity index (χ1n) is 8.51. The maximum atomic E-state index is 14.1. The molecule has 0 spiro atoms. The van der Waals surface area contributed by atoms with E-state index in [-0.39, 0.29) is 17.4 Å². The molecule has 0 aliphatic heterocycles. The van der Waals surface area contributed by atoms with Crippen molar-refractivity contribution >= 4 is 17.1 Å². The lowest BCUT2D eigenvalue weighted by atomic mass is 10.1. The van der Waals surface area contributed by atoms with Crippen LogP contribution in [0.2, 0.25) is 0 Å². The monoisotopic (exact) mass is 356 g/mol. The second-order valence-electron chi connectivity index (χ2n) is 6.53. The third-order valence-electron chi connectivity index (χ3n) is 4.85. The van der Waals surface area contributed by atoms with Crippen LogP contribution < -0.4 is 11.1 Å². The van der Waals surface area contributed by atoms with Crippen molar-refractivity contribution in [3.63, 3.8) is 0 Å². The largest absolute Gasteiger partial charge is 0.377 e. The second-order valence-corrected chi connectivity index (χ2v) is 6.53. The van der Waals surface area contributed by atoms with Crippen LogP contribution in [0.25, 0.3) is 16.6 Å². The van der Waals surface area contributed by atoms with Crippen molar-refractivity contribution in [3.05, 3.63) is 54.1 Å². The molecule has 0 saturated heterocycles. The zero-order valence-corrected chi connectivity index (χ0v) is 14.0. The minimum absolute atomic E-state index is 0.190. The molecule has 26 heavy (non-hydrogen) atoms. The van der Waals surface area contributed by atoms with Crippen LogP contribution in [-0.4, -0.2) is 27.7 Å². The number of nitrogens with zero attached hydrogens (tertiary/aromatic N) is 2. The maximum absolute atomic E-state index is 14.1. The van der Waals surface area contributed by atoms with Crippen LogP contribution in [0, 0.1) is 5.82 Å². The van der Waals surface area contributed by atoms with E-state index in [1.807, 2.05) is 0 Å². The first-order chi connectivity index (χ1) is 12.5. The Bertz CT molecular complexity index is 985. The predicted octanol–water partition coefficient (Wildman–Crippen LogP) is 3.54. The van der Waals surface area contributed by atoms with E-state index in [0.717, 1.165) is 6.42 Å². The topological polar surface area (TPSA) is 72.4 Å². The van der Waals surface area contributed by atoms with Crippen LogP contribution in [-0.2, 0) is 0 Å². The standard InChI is InChI=1S/C19H18F2N4O/c20-14-5-2-1-4-12(14)11-8-17-18(24-16-7-3-6-15(16)21)13(19(22)26)9-23-25(17)10-11/h1-2,4-5,8-10,15-16,24H,3,6-7H2,(H2,22,26)/t15-,16+/m0/s1. The Hall–Kier alpha value is -2.96. The maximum Gasteiger partial charge on any atom is 0.252 e. The van der Waals surface area contributed by atoms with Gasteiger partial charge in [0.1, 0.15) is 12.0 Å². The summed E-state index contributed by atoms with van der Waals surface area (Å²) in [5, 5.41) is 7.32. The molecule has 2 heterocycles. The summed E-state index contributed by atoms with van der Waals surface area (Å²) in [7, 11) is 0. The Morgan fingerprint density at radius 2 is 2.12 bits per heavy atom. The molecular formula is C19H18F2N4O. The van der Waals surface area contributed by atoms with Gasteiger partial charge in [0.25, 0.3) is 5.91 Å². The van der Waals surface area contributed by atoms with Crippen LogP contribution >= 0.6 is 0 Å². The van der Waals surface area contributed by atoms with Gasteiger partial charge in [0.05, 0.1) is 29.0 Å². The minimum atomic E-state index is -0.982. The van der Waals surface area contributed by atoms with E-state index < -0.39 is 12.1 Å². The van der Waals surface area contributed by atoms with E-state index in [4.69, 9.17) is 5.73 Å². The van der Waals surface area contributed by atoms with Gasteiger partial charge in [-0.25, -0.2) is 13.3 Å². The number of halogens is 2. The summed E-state index contributed by atoms with van der Waals surface area (Å²) in [6.45, 7) is 0. The number of primary amides is 1. The molecule has 3 aromatic rings. The van der Waals surface area contributed by atoms with Gasteiger partial charge in [-0.15, -0.1) is 0 Å². The average molecular weight is 356 g/mol. The first kappa shape index (κ1) is 16.5. The molecule has 1 fully saturated rings. The Kier molecular flexibility index (Phi) is 4.06. The highest BCUT2D eigenvalue weighted by Gasteiger charge is 2.29. The summed E-state index contributed by atoms with van der Waals surface area (Å²) in [5.41, 5.74) is 7.69. The van der Waals surface area contributed by atoms with Crippen LogP contribution in [0.4, 0.5) is 14.5 Å². The molecule has 1 aliphatic carbocycles. The number of amides is 1. The number of hydrogen-bond donors (Lipinski definition) is 2.